The number of hydrogen-bond acceptors (Lipinski definition) is 4. The molecule has 1 saturated carbocycles. The van der Waals surface area contributed by atoms with Gasteiger partial charge in [-0.1, -0.05) is 12.1 Å². The zero-order valence-electron chi connectivity index (χ0n) is 13.3. The molecule has 0 atom stereocenters. The molecule has 1 aliphatic rings. The summed E-state index contributed by atoms with van der Waals surface area (Å²) >= 11 is 5.50. The first-order chi connectivity index (χ1) is 10.6. The minimum absolute atomic E-state index is 0.611. The van der Waals surface area contributed by atoms with Crippen LogP contribution in [0.1, 0.15) is 30.1 Å². The highest BCUT2D eigenvalue weighted by molar-refractivity contribution is 7.71. The molecule has 0 saturated heterocycles. The second-order valence-corrected chi connectivity index (χ2v) is 6.34. The Kier molecular flexibility index (Phi) is 4.31. The van der Waals surface area contributed by atoms with E-state index in [-0.39, 0.29) is 0 Å². The van der Waals surface area contributed by atoms with Crippen molar-refractivity contribution in [1.29, 1.82) is 0 Å². The van der Waals surface area contributed by atoms with Crippen LogP contribution in [-0.2, 0) is 20.3 Å². The van der Waals surface area contributed by atoms with Gasteiger partial charge in [-0.2, -0.15) is 5.10 Å². The van der Waals surface area contributed by atoms with Crippen molar-refractivity contribution in [3.8, 4) is 5.75 Å². The van der Waals surface area contributed by atoms with E-state index in [4.69, 9.17) is 22.1 Å². The molecule has 0 aliphatic heterocycles. The van der Waals surface area contributed by atoms with Crippen LogP contribution in [0.3, 0.4) is 0 Å². The maximum Gasteiger partial charge on any atom is 0.198 e. The summed E-state index contributed by atoms with van der Waals surface area (Å²) in [5, 5.41) is 4.69. The molecule has 0 spiro atoms. The molecular weight excluding hydrogens is 296 g/mol. The fourth-order valence-electron chi connectivity index (χ4n) is 2.62. The van der Waals surface area contributed by atoms with Gasteiger partial charge in [-0.15, -0.1) is 0 Å². The van der Waals surface area contributed by atoms with E-state index in [9.17, 15) is 0 Å². The summed E-state index contributed by atoms with van der Waals surface area (Å²) in [4.78, 5) is 2.21. The molecular formula is C16H22N4OS. The molecule has 118 valence electrons. The van der Waals surface area contributed by atoms with Gasteiger partial charge in [0.25, 0.3) is 0 Å². The van der Waals surface area contributed by atoms with Gasteiger partial charge in [0, 0.05) is 19.5 Å². The van der Waals surface area contributed by atoms with Crippen molar-refractivity contribution in [3.63, 3.8) is 0 Å². The number of methoxy groups -OCH3 is 1. The topological polar surface area (TPSA) is 35.2 Å². The summed E-state index contributed by atoms with van der Waals surface area (Å²) in [5.74, 6) is 2.62. The van der Waals surface area contributed by atoms with Crippen molar-refractivity contribution in [2.75, 3.05) is 14.2 Å². The standard InChI is InChI=1S/C16H22N4OS/c1-18(10-12-4-8-14(21-3)9-5-12)11-20-16(22)19(2)15(17-20)13-6-7-13/h4-5,8-9,13H,6-7,10-11H2,1-3H3. The van der Waals surface area contributed by atoms with Crippen LogP contribution in [0.5, 0.6) is 5.75 Å². The highest BCUT2D eigenvalue weighted by Gasteiger charge is 2.29. The van der Waals surface area contributed by atoms with Gasteiger partial charge in [-0.25, -0.2) is 4.68 Å². The number of rotatable bonds is 6. The zero-order valence-corrected chi connectivity index (χ0v) is 14.1. The quantitative estimate of drug-likeness (QED) is 0.767. The second kappa shape index (κ2) is 6.22. The Morgan fingerprint density at radius 3 is 2.59 bits per heavy atom. The van der Waals surface area contributed by atoms with Crippen LogP contribution in [0, 0.1) is 4.77 Å². The van der Waals surface area contributed by atoms with Crippen molar-refractivity contribution in [3.05, 3.63) is 40.4 Å². The lowest BCUT2D eigenvalue weighted by Crippen LogP contribution is -2.22. The molecule has 0 radical (unpaired) electrons. The van der Waals surface area contributed by atoms with Crippen LogP contribution < -0.4 is 4.74 Å². The van der Waals surface area contributed by atoms with E-state index in [1.54, 1.807) is 7.11 Å². The van der Waals surface area contributed by atoms with Gasteiger partial charge in [-0.05, 0) is 49.8 Å². The summed E-state index contributed by atoms with van der Waals surface area (Å²) in [5.41, 5.74) is 1.24. The van der Waals surface area contributed by atoms with Gasteiger partial charge < -0.3 is 9.30 Å². The van der Waals surface area contributed by atoms with Crippen molar-refractivity contribution in [2.24, 2.45) is 7.05 Å². The number of hydrogen-bond donors (Lipinski definition) is 0. The predicted octanol–water partition coefficient (Wildman–Crippen LogP) is 2.93. The van der Waals surface area contributed by atoms with Crippen LogP contribution in [0.4, 0.5) is 0 Å². The highest BCUT2D eigenvalue weighted by atomic mass is 32.1. The van der Waals surface area contributed by atoms with E-state index in [1.165, 1.54) is 18.4 Å². The Balaban J connectivity index is 1.67. The van der Waals surface area contributed by atoms with E-state index in [2.05, 4.69) is 24.1 Å². The van der Waals surface area contributed by atoms with E-state index in [0.29, 0.717) is 12.6 Å². The van der Waals surface area contributed by atoms with Gasteiger partial charge in [0.2, 0.25) is 0 Å². The van der Waals surface area contributed by atoms with E-state index in [1.807, 2.05) is 28.4 Å². The Labute approximate surface area is 136 Å². The largest absolute Gasteiger partial charge is 0.497 e. The fraction of sp³-hybridized carbons (Fsp3) is 0.500. The van der Waals surface area contributed by atoms with Crippen LogP contribution in [0.2, 0.25) is 0 Å². The average Bonchev–Trinajstić information content (AvgIpc) is 3.31. The Bertz CT molecular complexity index is 700. The Morgan fingerprint density at radius 1 is 1.32 bits per heavy atom. The minimum Gasteiger partial charge on any atom is -0.497 e. The third-order valence-corrected chi connectivity index (χ3v) is 4.49. The van der Waals surface area contributed by atoms with Crippen LogP contribution in [0.15, 0.2) is 24.3 Å². The summed E-state index contributed by atoms with van der Waals surface area (Å²) in [7, 11) is 5.78. The van der Waals surface area contributed by atoms with Gasteiger partial charge in [0.1, 0.15) is 11.6 Å². The highest BCUT2D eigenvalue weighted by Crippen LogP contribution is 2.38. The number of nitrogens with zero attached hydrogens (tertiary/aromatic N) is 4. The SMILES string of the molecule is COc1ccc(CN(C)Cn2nc(C3CC3)n(C)c2=S)cc1. The molecule has 0 bridgehead atoms. The zero-order chi connectivity index (χ0) is 15.7. The van der Waals surface area contributed by atoms with Gasteiger partial charge in [-0.3, -0.25) is 4.90 Å². The third kappa shape index (κ3) is 3.23. The van der Waals surface area contributed by atoms with E-state index < -0.39 is 0 Å². The Hall–Kier alpha value is -1.66. The van der Waals surface area contributed by atoms with Gasteiger partial charge >= 0.3 is 0 Å². The number of benzene rings is 1. The van der Waals surface area contributed by atoms with Crippen molar-refractivity contribution < 1.29 is 4.74 Å². The summed E-state index contributed by atoms with van der Waals surface area (Å²) in [6, 6.07) is 8.15. The van der Waals surface area contributed by atoms with Crippen LogP contribution in [-0.4, -0.2) is 33.4 Å². The smallest absolute Gasteiger partial charge is 0.198 e. The minimum atomic E-state index is 0.611. The first-order valence-corrected chi connectivity index (χ1v) is 7.94. The molecule has 0 N–H and O–H groups in total. The maximum absolute atomic E-state index is 5.50. The van der Waals surface area contributed by atoms with Crippen LogP contribution >= 0.6 is 12.2 Å². The molecule has 6 heteroatoms. The average molecular weight is 318 g/mol. The number of ether oxygens (including phenoxy) is 1. The fourth-order valence-corrected chi connectivity index (χ4v) is 2.81. The molecule has 0 amide bonds. The first kappa shape index (κ1) is 15.2. The van der Waals surface area contributed by atoms with Gasteiger partial charge in [0.15, 0.2) is 4.77 Å². The molecule has 1 aromatic heterocycles. The normalized spacial score (nSPS) is 14.5. The molecule has 1 heterocycles. The monoisotopic (exact) mass is 318 g/mol. The van der Waals surface area contributed by atoms with Crippen molar-refractivity contribution >= 4 is 12.2 Å². The third-order valence-electron chi connectivity index (χ3n) is 4.00. The van der Waals surface area contributed by atoms with Crippen molar-refractivity contribution in [2.45, 2.75) is 32.0 Å². The molecule has 22 heavy (non-hydrogen) atoms. The lowest BCUT2D eigenvalue weighted by atomic mass is 10.2. The predicted molar refractivity (Wildman–Crippen MR) is 88.5 cm³/mol. The molecule has 1 aliphatic carbocycles. The van der Waals surface area contributed by atoms with Crippen LogP contribution in [0.25, 0.3) is 0 Å². The molecule has 1 aromatic carbocycles. The Morgan fingerprint density at radius 2 is 2.00 bits per heavy atom. The summed E-state index contributed by atoms with van der Waals surface area (Å²) in [6.45, 7) is 1.55. The lowest BCUT2D eigenvalue weighted by Gasteiger charge is -2.16. The van der Waals surface area contributed by atoms with E-state index in [0.717, 1.165) is 22.9 Å². The summed E-state index contributed by atoms with van der Waals surface area (Å²) in [6.07, 6.45) is 2.47. The molecule has 2 aromatic rings. The number of aromatic nitrogens is 3. The van der Waals surface area contributed by atoms with E-state index >= 15 is 0 Å². The second-order valence-electron chi connectivity index (χ2n) is 5.98. The van der Waals surface area contributed by atoms with Crippen molar-refractivity contribution in [1.82, 2.24) is 19.2 Å². The molecule has 0 unspecified atom stereocenters. The van der Waals surface area contributed by atoms with Gasteiger partial charge in [0.05, 0.1) is 13.8 Å². The lowest BCUT2D eigenvalue weighted by molar-refractivity contribution is 0.243. The summed E-state index contributed by atoms with van der Waals surface area (Å²) < 4.78 is 9.95. The first-order valence-electron chi connectivity index (χ1n) is 7.53. The molecule has 3 rings (SSSR count). The maximum atomic E-state index is 5.50. The molecule has 5 nitrogen and oxygen atoms in total. The molecule has 1 fully saturated rings.